The summed E-state index contributed by atoms with van der Waals surface area (Å²) in [6.45, 7) is 2.74. The van der Waals surface area contributed by atoms with Gasteiger partial charge in [-0.15, -0.1) is 0 Å². The predicted molar refractivity (Wildman–Crippen MR) is 151 cm³/mol. The van der Waals surface area contributed by atoms with Gasteiger partial charge in [0.05, 0.1) is 12.6 Å². The zero-order chi connectivity index (χ0) is 27.7. The van der Waals surface area contributed by atoms with E-state index in [-0.39, 0.29) is 10.6 Å². The lowest BCUT2D eigenvalue weighted by Gasteiger charge is -2.23. The van der Waals surface area contributed by atoms with Gasteiger partial charge in [-0.2, -0.15) is 8.42 Å². The van der Waals surface area contributed by atoms with Gasteiger partial charge in [0.15, 0.2) is 0 Å². The fourth-order valence-corrected chi connectivity index (χ4v) is 6.60. The second-order valence-electron chi connectivity index (χ2n) is 8.95. The Balaban J connectivity index is 1.73. The molecule has 10 heteroatoms. The van der Waals surface area contributed by atoms with Gasteiger partial charge in [0, 0.05) is 20.3 Å². The van der Waals surface area contributed by atoms with Gasteiger partial charge in [0.25, 0.3) is 0 Å². The van der Waals surface area contributed by atoms with Crippen LogP contribution in [0.1, 0.15) is 44.6 Å². The Hall–Kier alpha value is -3.72. The molecular formula is C29H29N3O5S2. The van der Waals surface area contributed by atoms with Crippen molar-refractivity contribution in [3.05, 3.63) is 94.4 Å². The summed E-state index contributed by atoms with van der Waals surface area (Å²) in [5, 5.41) is 3.78. The molecule has 0 bridgehead atoms. The molecule has 202 valence electrons. The SMILES string of the molecule is CCCCOc1ccc(Sc2ccc(C3=C(C=O)C(N=[N+]=[N-])CCC3)cc2S(=O)(=O)Oc2ccccc2)cc1. The van der Waals surface area contributed by atoms with Crippen LogP contribution in [0, 0.1) is 0 Å². The molecule has 0 aromatic heterocycles. The zero-order valence-corrected chi connectivity index (χ0v) is 23.2. The summed E-state index contributed by atoms with van der Waals surface area (Å²) < 4.78 is 38.3. The maximum atomic E-state index is 13.6. The summed E-state index contributed by atoms with van der Waals surface area (Å²) in [6, 6.07) is 20.3. The van der Waals surface area contributed by atoms with Crippen molar-refractivity contribution in [1.82, 2.24) is 0 Å². The van der Waals surface area contributed by atoms with Crippen LogP contribution in [0.5, 0.6) is 11.5 Å². The number of rotatable bonds is 12. The fraction of sp³-hybridized carbons (Fsp3) is 0.276. The van der Waals surface area contributed by atoms with Crippen molar-refractivity contribution in [3.8, 4) is 11.5 Å². The summed E-state index contributed by atoms with van der Waals surface area (Å²) in [7, 11) is -4.23. The molecule has 0 fully saturated rings. The van der Waals surface area contributed by atoms with Crippen molar-refractivity contribution < 1.29 is 22.1 Å². The number of allylic oxidation sites excluding steroid dienone is 1. The molecule has 0 spiro atoms. The lowest BCUT2D eigenvalue weighted by atomic mass is 9.85. The first kappa shape index (κ1) is 28.3. The molecule has 0 N–H and O–H groups in total. The lowest BCUT2D eigenvalue weighted by molar-refractivity contribution is -0.105. The van der Waals surface area contributed by atoms with Gasteiger partial charge >= 0.3 is 10.1 Å². The van der Waals surface area contributed by atoms with Crippen LogP contribution in [0.3, 0.4) is 0 Å². The number of hydrogen-bond donors (Lipinski definition) is 0. The smallest absolute Gasteiger partial charge is 0.340 e. The number of azide groups is 1. The normalized spacial score (nSPS) is 15.4. The van der Waals surface area contributed by atoms with Crippen LogP contribution in [-0.2, 0) is 14.9 Å². The van der Waals surface area contributed by atoms with Crippen molar-refractivity contribution in [1.29, 1.82) is 0 Å². The summed E-state index contributed by atoms with van der Waals surface area (Å²) in [4.78, 5) is 16.1. The Bertz CT molecular complexity index is 1480. The van der Waals surface area contributed by atoms with Crippen molar-refractivity contribution in [2.45, 2.75) is 59.8 Å². The van der Waals surface area contributed by atoms with E-state index in [0.29, 0.717) is 53.8 Å². The Morgan fingerprint density at radius 1 is 1.08 bits per heavy atom. The number of ether oxygens (including phenoxy) is 1. The van der Waals surface area contributed by atoms with Gasteiger partial charge in [-0.25, -0.2) is 0 Å². The van der Waals surface area contributed by atoms with E-state index >= 15 is 0 Å². The Kier molecular flexibility index (Phi) is 9.70. The minimum atomic E-state index is -4.23. The highest BCUT2D eigenvalue weighted by Crippen LogP contribution is 2.39. The number of hydrogen-bond acceptors (Lipinski definition) is 7. The molecule has 1 aliphatic rings. The molecule has 3 aromatic carbocycles. The Labute approximate surface area is 232 Å². The molecule has 0 aliphatic heterocycles. The van der Waals surface area contributed by atoms with Crippen molar-refractivity contribution in [3.63, 3.8) is 0 Å². The molecule has 39 heavy (non-hydrogen) atoms. The highest BCUT2D eigenvalue weighted by Gasteiger charge is 2.27. The molecule has 0 saturated heterocycles. The third-order valence-electron chi connectivity index (χ3n) is 6.26. The first-order valence-electron chi connectivity index (χ1n) is 12.7. The van der Waals surface area contributed by atoms with Crippen molar-refractivity contribution in [2.75, 3.05) is 6.61 Å². The molecule has 0 saturated carbocycles. The number of para-hydroxylation sites is 1. The number of carbonyl (C=O) groups excluding carboxylic acids is 1. The molecule has 0 heterocycles. The van der Waals surface area contributed by atoms with E-state index in [1.54, 1.807) is 48.5 Å². The number of benzene rings is 3. The van der Waals surface area contributed by atoms with Crippen molar-refractivity contribution >= 4 is 33.7 Å². The highest BCUT2D eigenvalue weighted by molar-refractivity contribution is 8.00. The predicted octanol–water partition coefficient (Wildman–Crippen LogP) is 7.60. The Morgan fingerprint density at radius 3 is 2.54 bits per heavy atom. The van der Waals surface area contributed by atoms with E-state index in [4.69, 9.17) is 14.5 Å². The van der Waals surface area contributed by atoms with Crippen LogP contribution in [0.2, 0.25) is 0 Å². The molecular weight excluding hydrogens is 534 g/mol. The topological polar surface area (TPSA) is 118 Å². The van der Waals surface area contributed by atoms with E-state index in [0.717, 1.165) is 23.5 Å². The maximum Gasteiger partial charge on any atom is 0.340 e. The molecule has 1 atom stereocenters. The van der Waals surface area contributed by atoms with Gasteiger partial charge in [0.2, 0.25) is 0 Å². The highest BCUT2D eigenvalue weighted by atomic mass is 32.2. The average molecular weight is 564 g/mol. The van der Waals surface area contributed by atoms with Crippen LogP contribution < -0.4 is 8.92 Å². The van der Waals surface area contributed by atoms with Crippen LogP contribution in [0.25, 0.3) is 16.0 Å². The molecule has 3 aromatic rings. The maximum absolute atomic E-state index is 13.6. The van der Waals surface area contributed by atoms with Crippen LogP contribution in [0.15, 0.2) is 98.2 Å². The zero-order valence-electron chi connectivity index (χ0n) is 21.5. The second kappa shape index (κ2) is 13.4. The van der Waals surface area contributed by atoms with Crippen LogP contribution in [0.4, 0.5) is 0 Å². The van der Waals surface area contributed by atoms with E-state index in [1.165, 1.54) is 11.8 Å². The molecule has 1 aliphatic carbocycles. The first-order valence-corrected chi connectivity index (χ1v) is 14.9. The summed E-state index contributed by atoms with van der Waals surface area (Å²) in [6.07, 6.45) is 4.56. The van der Waals surface area contributed by atoms with Gasteiger partial charge in [-0.1, -0.05) is 54.5 Å². The minimum absolute atomic E-state index is 0.0132. The summed E-state index contributed by atoms with van der Waals surface area (Å²) in [5.41, 5.74) is 10.6. The largest absolute Gasteiger partial charge is 0.494 e. The van der Waals surface area contributed by atoms with E-state index in [9.17, 15) is 13.2 Å². The van der Waals surface area contributed by atoms with E-state index in [1.807, 2.05) is 24.3 Å². The summed E-state index contributed by atoms with van der Waals surface area (Å²) in [5.74, 6) is 0.949. The van der Waals surface area contributed by atoms with Crippen LogP contribution >= 0.6 is 11.8 Å². The van der Waals surface area contributed by atoms with E-state index in [2.05, 4.69) is 16.9 Å². The monoisotopic (exact) mass is 563 g/mol. The van der Waals surface area contributed by atoms with Crippen LogP contribution in [-0.4, -0.2) is 27.4 Å². The van der Waals surface area contributed by atoms with Crippen molar-refractivity contribution in [2.24, 2.45) is 5.11 Å². The number of unbranched alkanes of at least 4 members (excludes halogenated alkanes) is 1. The average Bonchev–Trinajstić information content (AvgIpc) is 2.94. The van der Waals surface area contributed by atoms with Gasteiger partial charge < -0.3 is 8.92 Å². The van der Waals surface area contributed by atoms with Gasteiger partial charge in [-0.05, 0) is 90.9 Å². The standard InChI is InChI=1S/C29H29N3O5S2/c1-2-3-18-36-22-13-15-24(16-14-22)38-28-17-12-21(25-10-7-11-27(31-32-30)26(25)20-33)19-29(28)39(34,35)37-23-8-5-4-6-9-23/h4-6,8-9,12-17,19-20,27H,2-3,7,10-11,18H2,1H3. The van der Waals surface area contributed by atoms with Gasteiger partial charge in [0.1, 0.15) is 22.7 Å². The fourth-order valence-electron chi connectivity index (χ4n) is 4.30. The van der Waals surface area contributed by atoms with E-state index < -0.39 is 16.2 Å². The second-order valence-corrected chi connectivity index (χ2v) is 11.6. The molecule has 0 amide bonds. The molecule has 4 rings (SSSR count). The first-order chi connectivity index (χ1) is 18.9. The van der Waals surface area contributed by atoms with Gasteiger partial charge in [-0.3, -0.25) is 4.79 Å². The number of aldehydes is 1. The number of nitrogens with zero attached hydrogens (tertiary/aromatic N) is 3. The summed E-state index contributed by atoms with van der Waals surface area (Å²) >= 11 is 1.29. The Morgan fingerprint density at radius 2 is 1.85 bits per heavy atom. The third-order valence-corrected chi connectivity index (χ3v) is 8.76. The lowest BCUT2D eigenvalue weighted by Crippen LogP contribution is -2.16. The quantitative estimate of drug-likeness (QED) is 0.0559. The number of carbonyl (C=O) groups is 1. The minimum Gasteiger partial charge on any atom is -0.494 e. The molecule has 1 unspecified atom stereocenters. The molecule has 0 radical (unpaired) electrons. The third kappa shape index (κ3) is 7.23. The molecule has 8 nitrogen and oxygen atoms in total.